The fourth-order valence-electron chi connectivity index (χ4n) is 1.50. The van der Waals surface area contributed by atoms with Crippen molar-refractivity contribution in [2.24, 2.45) is 0 Å². The average Bonchev–Trinajstić information content (AvgIpc) is 2.16. The topological polar surface area (TPSA) is 34.9 Å². The number of aromatic nitrogens is 2. The molecule has 0 unspecified atom stereocenters. The van der Waals surface area contributed by atoms with Gasteiger partial charge in [-0.15, -0.1) is 0 Å². The standard InChI is InChI=1S/C11H18N2O/c1-3-4-5-6-9-13-10(2)12-8-7-11(13)14/h7-8H,3-6,9H2,1-2H3. The van der Waals surface area contributed by atoms with E-state index < -0.39 is 0 Å². The molecule has 1 heterocycles. The van der Waals surface area contributed by atoms with Gasteiger partial charge in [0.15, 0.2) is 0 Å². The van der Waals surface area contributed by atoms with Gasteiger partial charge >= 0.3 is 0 Å². The second-order valence-corrected chi connectivity index (χ2v) is 3.54. The molecule has 78 valence electrons. The third-order valence-corrected chi connectivity index (χ3v) is 2.37. The first-order valence-corrected chi connectivity index (χ1v) is 5.28. The third kappa shape index (κ3) is 2.98. The number of rotatable bonds is 5. The smallest absolute Gasteiger partial charge is 0.253 e. The SMILES string of the molecule is CCCCCCn1c(C)nccc1=O. The fourth-order valence-corrected chi connectivity index (χ4v) is 1.50. The molecule has 0 spiro atoms. The van der Waals surface area contributed by atoms with Crippen molar-refractivity contribution in [1.29, 1.82) is 0 Å². The summed E-state index contributed by atoms with van der Waals surface area (Å²) in [4.78, 5) is 15.5. The summed E-state index contributed by atoms with van der Waals surface area (Å²) in [6.45, 7) is 4.86. The Morgan fingerprint density at radius 3 is 2.79 bits per heavy atom. The molecule has 0 saturated heterocycles. The third-order valence-electron chi connectivity index (χ3n) is 2.37. The summed E-state index contributed by atoms with van der Waals surface area (Å²) in [6, 6.07) is 1.52. The van der Waals surface area contributed by atoms with Crippen molar-refractivity contribution in [2.75, 3.05) is 0 Å². The summed E-state index contributed by atoms with van der Waals surface area (Å²) in [5.41, 5.74) is 0.0639. The van der Waals surface area contributed by atoms with Crippen LogP contribution in [0.25, 0.3) is 0 Å². The van der Waals surface area contributed by atoms with Crippen molar-refractivity contribution in [2.45, 2.75) is 46.1 Å². The molecule has 0 radical (unpaired) electrons. The van der Waals surface area contributed by atoms with Crippen molar-refractivity contribution in [3.63, 3.8) is 0 Å². The summed E-state index contributed by atoms with van der Waals surface area (Å²) < 4.78 is 1.75. The summed E-state index contributed by atoms with van der Waals surface area (Å²) >= 11 is 0. The molecule has 14 heavy (non-hydrogen) atoms. The van der Waals surface area contributed by atoms with E-state index in [4.69, 9.17) is 0 Å². The molecular weight excluding hydrogens is 176 g/mol. The highest BCUT2D eigenvalue weighted by Crippen LogP contribution is 2.01. The van der Waals surface area contributed by atoms with Crippen molar-refractivity contribution < 1.29 is 0 Å². The highest BCUT2D eigenvalue weighted by molar-refractivity contribution is 4.90. The Morgan fingerprint density at radius 2 is 2.14 bits per heavy atom. The Labute approximate surface area is 84.8 Å². The highest BCUT2D eigenvalue weighted by Gasteiger charge is 1.98. The van der Waals surface area contributed by atoms with E-state index in [9.17, 15) is 4.79 Å². The van der Waals surface area contributed by atoms with E-state index in [2.05, 4.69) is 11.9 Å². The van der Waals surface area contributed by atoms with Gasteiger partial charge in [-0.1, -0.05) is 26.2 Å². The zero-order valence-electron chi connectivity index (χ0n) is 8.99. The van der Waals surface area contributed by atoms with Crippen LogP contribution >= 0.6 is 0 Å². The zero-order chi connectivity index (χ0) is 10.4. The molecule has 0 atom stereocenters. The Morgan fingerprint density at radius 1 is 1.36 bits per heavy atom. The quantitative estimate of drug-likeness (QED) is 0.673. The molecule has 0 N–H and O–H groups in total. The Bertz CT molecular complexity index is 330. The van der Waals surface area contributed by atoms with E-state index in [0.29, 0.717) is 0 Å². The van der Waals surface area contributed by atoms with Crippen molar-refractivity contribution in [1.82, 2.24) is 9.55 Å². The Hall–Kier alpha value is -1.12. The summed E-state index contributed by atoms with van der Waals surface area (Å²) in [5, 5.41) is 0. The van der Waals surface area contributed by atoms with Gasteiger partial charge in [-0.3, -0.25) is 9.36 Å². The summed E-state index contributed by atoms with van der Waals surface area (Å²) in [6.07, 6.45) is 6.30. The van der Waals surface area contributed by atoms with Crippen LogP contribution in [0.3, 0.4) is 0 Å². The molecule has 0 aromatic carbocycles. The first-order valence-electron chi connectivity index (χ1n) is 5.28. The van der Waals surface area contributed by atoms with Crippen LogP contribution in [0.5, 0.6) is 0 Å². The van der Waals surface area contributed by atoms with Gasteiger partial charge in [0.1, 0.15) is 5.82 Å². The predicted molar refractivity (Wildman–Crippen MR) is 57.4 cm³/mol. The van der Waals surface area contributed by atoms with E-state index in [-0.39, 0.29) is 5.56 Å². The lowest BCUT2D eigenvalue weighted by Gasteiger charge is -2.07. The Kier molecular flexibility index (Phi) is 4.36. The molecule has 1 aromatic heterocycles. The van der Waals surface area contributed by atoms with E-state index in [1.54, 1.807) is 10.8 Å². The largest absolute Gasteiger partial charge is 0.297 e. The number of nitrogens with zero attached hydrogens (tertiary/aromatic N) is 2. The van der Waals surface area contributed by atoms with Gasteiger partial charge < -0.3 is 0 Å². The molecule has 0 aliphatic heterocycles. The maximum atomic E-state index is 11.4. The number of hydrogen-bond donors (Lipinski definition) is 0. The number of aryl methyl sites for hydroxylation is 1. The first-order chi connectivity index (χ1) is 6.75. The molecule has 0 saturated carbocycles. The van der Waals surface area contributed by atoms with Crippen molar-refractivity contribution in [3.05, 3.63) is 28.4 Å². The minimum atomic E-state index is 0.0639. The second kappa shape index (κ2) is 5.58. The maximum absolute atomic E-state index is 11.4. The lowest BCUT2D eigenvalue weighted by Crippen LogP contribution is -2.22. The molecule has 0 fully saturated rings. The Balaban J connectivity index is 2.54. The van der Waals surface area contributed by atoms with Crippen LogP contribution in [0.4, 0.5) is 0 Å². The molecule has 0 bridgehead atoms. The van der Waals surface area contributed by atoms with Crippen LogP contribution < -0.4 is 5.56 Å². The lowest BCUT2D eigenvalue weighted by atomic mass is 10.2. The minimum absolute atomic E-state index is 0.0639. The van der Waals surface area contributed by atoms with Crippen LogP contribution in [0.15, 0.2) is 17.1 Å². The van der Waals surface area contributed by atoms with Crippen LogP contribution in [0, 0.1) is 6.92 Å². The number of unbranched alkanes of at least 4 members (excludes halogenated alkanes) is 3. The van der Waals surface area contributed by atoms with Crippen LogP contribution in [0.1, 0.15) is 38.4 Å². The fraction of sp³-hybridized carbons (Fsp3) is 0.636. The minimum Gasteiger partial charge on any atom is -0.297 e. The number of hydrogen-bond acceptors (Lipinski definition) is 2. The van der Waals surface area contributed by atoms with Crippen molar-refractivity contribution >= 4 is 0 Å². The predicted octanol–water partition coefficient (Wildman–Crippen LogP) is 2.13. The van der Waals surface area contributed by atoms with Gasteiger partial charge in [0.05, 0.1) is 0 Å². The molecule has 1 rings (SSSR count). The van der Waals surface area contributed by atoms with Gasteiger partial charge in [0, 0.05) is 18.8 Å². The van der Waals surface area contributed by atoms with Gasteiger partial charge in [0.25, 0.3) is 5.56 Å². The highest BCUT2D eigenvalue weighted by atomic mass is 16.1. The van der Waals surface area contributed by atoms with E-state index in [0.717, 1.165) is 18.8 Å². The van der Waals surface area contributed by atoms with Crippen molar-refractivity contribution in [3.8, 4) is 0 Å². The van der Waals surface area contributed by atoms with Gasteiger partial charge in [-0.2, -0.15) is 0 Å². The lowest BCUT2D eigenvalue weighted by molar-refractivity contribution is 0.552. The maximum Gasteiger partial charge on any atom is 0.253 e. The van der Waals surface area contributed by atoms with Gasteiger partial charge in [-0.05, 0) is 13.3 Å². The normalized spacial score (nSPS) is 10.4. The van der Waals surface area contributed by atoms with Crippen LogP contribution in [-0.2, 0) is 6.54 Å². The molecule has 0 aliphatic rings. The first kappa shape index (κ1) is 11.0. The monoisotopic (exact) mass is 194 g/mol. The van der Waals surface area contributed by atoms with Crippen LogP contribution in [-0.4, -0.2) is 9.55 Å². The van der Waals surface area contributed by atoms with Crippen LogP contribution in [0.2, 0.25) is 0 Å². The average molecular weight is 194 g/mol. The molecule has 1 aromatic rings. The van der Waals surface area contributed by atoms with E-state index in [1.165, 1.54) is 25.3 Å². The summed E-state index contributed by atoms with van der Waals surface area (Å²) in [7, 11) is 0. The summed E-state index contributed by atoms with van der Waals surface area (Å²) in [5.74, 6) is 0.814. The van der Waals surface area contributed by atoms with Gasteiger partial charge in [0.2, 0.25) is 0 Å². The molecular formula is C11H18N2O. The van der Waals surface area contributed by atoms with E-state index in [1.807, 2.05) is 6.92 Å². The van der Waals surface area contributed by atoms with E-state index >= 15 is 0 Å². The molecule has 3 heteroatoms. The molecule has 0 aliphatic carbocycles. The molecule has 0 amide bonds. The second-order valence-electron chi connectivity index (χ2n) is 3.54. The zero-order valence-corrected chi connectivity index (χ0v) is 8.99. The molecule has 3 nitrogen and oxygen atoms in total. The van der Waals surface area contributed by atoms with Gasteiger partial charge in [-0.25, -0.2) is 4.98 Å².